The van der Waals surface area contributed by atoms with Gasteiger partial charge < -0.3 is 4.74 Å². The summed E-state index contributed by atoms with van der Waals surface area (Å²) >= 11 is 5.70. The molecule has 2 aromatic carbocycles. The second kappa shape index (κ2) is 6.17. The lowest BCUT2D eigenvalue weighted by Crippen LogP contribution is -2.03. The van der Waals surface area contributed by atoms with Crippen molar-refractivity contribution in [1.29, 1.82) is 0 Å². The first-order valence-corrected chi connectivity index (χ1v) is 8.27. The lowest BCUT2D eigenvalue weighted by molar-refractivity contribution is 0.291. The lowest BCUT2D eigenvalue weighted by Gasteiger charge is -2.10. The fraction of sp³-hybridized carbons (Fsp3) is 0.0769. The van der Waals surface area contributed by atoms with Crippen LogP contribution in [0.25, 0.3) is 0 Å². The predicted octanol–water partition coefficient (Wildman–Crippen LogP) is 4.12. The summed E-state index contributed by atoms with van der Waals surface area (Å²) in [6, 6.07) is 6.67. The summed E-state index contributed by atoms with van der Waals surface area (Å²) < 4.78 is 54.6. The Balaban J connectivity index is 2.30. The van der Waals surface area contributed by atoms with Crippen molar-refractivity contribution in [3.8, 4) is 5.75 Å². The molecular weight excluding hydrogens is 345 g/mol. The van der Waals surface area contributed by atoms with Crippen LogP contribution in [-0.2, 0) is 15.7 Å². The molecule has 0 unspecified atom stereocenters. The number of hydrogen-bond donors (Lipinski definition) is 0. The van der Waals surface area contributed by atoms with Gasteiger partial charge in [0.1, 0.15) is 28.9 Å². The van der Waals surface area contributed by atoms with Gasteiger partial charge in [0.25, 0.3) is 9.05 Å². The van der Waals surface area contributed by atoms with Crippen molar-refractivity contribution in [2.45, 2.75) is 11.5 Å². The van der Waals surface area contributed by atoms with Crippen molar-refractivity contribution in [3.63, 3.8) is 0 Å². The Bertz CT molecular complexity index is 779. The van der Waals surface area contributed by atoms with E-state index in [2.05, 4.69) is 0 Å². The molecule has 0 aliphatic carbocycles. The molecule has 0 bridgehead atoms. The Morgan fingerprint density at radius 2 is 1.81 bits per heavy atom. The first kappa shape index (κ1) is 16.0. The van der Waals surface area contributed by atoms with E-state index in [-0.39, 0.29) is 27.8 Å². The smallest absolute Gasteiger partial charge is 0.265 e. The van der Waals surface area contributed by atoms with Gasteiger partial charge in [0.2, 0.25) is 0 Å². The van der Waals surface area contributed by atoms with Crippen molar-refractivity contribution in [2.75, 3.05) is 0 Å². The molecule has 0 saturated carbocycles. The third kappa shape index (κ3) is 4.06. The van der Waals surface area contributed by atoms with Crippen LogP contribution >= 0.6 is 22.3 Å². The highest BCUT2D eigenvalue weighted by Crippen LogP contribution is 2.30. The first-order valence-electron chi connectivity index (χ1n) is 5.58. The minimum atomic E-state index is -4.08. The summed E-state index contributed by atoms with van der Waals surface area (Å²) in [4.78, 5) is -0.339. The molecule has 0 aromatic heterocycles. The molecule has 0 radical (unpaired) electrons. The Labute approximate surface area is 129 Å². The van der Waals surface area contributed by atoms with Gasteiger partial charge in [0, 0.05) is 21.3 Å². The van der Waals surface area contributed by atoms with Gasteiger partial charge in [-0.1, -0.05) is 11.6 Å². The quantitative estimate of drug-likeness (QED) is 0.777. The normalized spacial score (nSPS) is 11.4. The summed E-state index contributed by atoms with van der Waals surface area (Å²) in [5, 5.41) is 0.151. The largest absolute Gasteiger partial charge is 0.487 e. The van der Waals surface area contributed by atoms with Gasteiger partial charge in [-0.25, -0.2) is 17.2 Å². The third-order valence-corrected chi connectivity index (χ3v) is 4.14. The summed E-state index contributed by atoms with van der Waals surface area (Å²) in [6.45, 7) is -0.357. The number of halogens is 4. The number of benzene rings is 2. The van der Waals surface area contributed by atoms with E-state index in [9.17, 15) is 17.2 Å². The third-order valence-electron chi connectivity index (χ3n) is 2.56. The van der Waals surface area contributed by atoms with E-state index in [0.29, 0.717) is 0 Å². The van der Waals surface area contributed by atoms with Crippen molar-refractivity contribution >= 4 is 31.3 Å². The van der Waals surface area contributed by atoms with E-state index in [4.69, 9.17) is 27.0 Å². The molecule has 0 spiro atoms. The zero-order chi connectivity index (χ0) is 15.6. The van der Waals surface area contributed by atoms with Crippen molar-refractivity contribution in [2.24, 2.45) is 0 Å². The summed E-state index contributed by atoms with van der Waals surface area (Å²) in [7, 11) is 1.19. The SMILES string of the molecule is O=S(=O)(Cl)c1cc(Cl)ccc1OCc1cc(F)ccc1F. The molecule has 0 heterocycles. The van der Waals surface area contributed by atoms with Gasteiger partial charge in [-0.15, -0.1) is 0 Å². The Morgan fingerprint density at radius 1 is 1.10 bits per heavy atom. The van der Waals surface area contributed by atoms with Gasteiger partial charge >= 0.3 is 0 Å². The summed E-state index contributed by atoms with van der Waals surface area (Å²) in [6.07, 6.45) is 0. The highest BCUT2D eigenvalue weighted by atomic mass is 35.7. The highest BCUT2D eigenvalue weighted by molar-refractivity contribution is 8.13. The van der Waals surface area contributed by atoms with Crippen LogP contribution in [0.4, 0.5) is 8.78 Å². The van der Waals surface area contributed by atoms with E-state index in [0.717, 1.165) is 24.3 Å². The zero-order valence-corrected chi connectivity index (χ0v) is 12.6. The van der Waals surface area contributed by atoms with Crippen LogP contribution in [0.3, 0.4) is 0 Å². The fourth-order valence-corrected chi connectivity index (χ4v) is 2.83. The minimum Gasteiger partial charge on any atom is -0.487 e. The minimum absolute atomic E-state index is 0.0529. The standard InChI is InChI=1S/C13H8Cl2F2O3S/c14-9-1-4-12(13(6-9)21(15,18)19)20-7-8-5-10(16)2-3-11(8)17/h1-6H,7H2. The topological polar surface area (TPSA) is 43.4 Å². The molecule has 2 rings (SSSR count). The van der Waals surface area contributed by atoms with Crippen molar-refractivity contribution in [1.82, 2.24) is 0 Å². The molecule has 0 aliphatic rings. The monoisotopic (exact) mass is 352 g/mol. The Kier molecular flexibility index (Phi) is 4.70. The van der Waals surface area contributed by atoms with E-state index < -0.39 is 20.7 Å². The second-order valence-corrected chi connectivity index (χ2v) is 7.02. The van der Waals surface area contributed by atoms with Gasteiger partial charge in [0.05, 0.1) is 0 Å². The summed E-state index contributed by atoms with van der Waals surface area (Å²) in [5.74, 6) is -1.39. The van der Waals surface area contributed by atoms with Gasteiger partial charge in [-0.3, -0.25) is 0 Å². The maximum absolute atomic E-state index is 13.5. The first-order chi connectivity index (χ1) is 9.77. The maximum Gasteiger partial charge on any atom is 0.265 e. The molecule has 21 heavy (non-hydrogen) atoms. The Hall–Kier alpha value is -1.37. The Morgan fingerprint density at radius 3 is 2.48 bits per heavy atom. The molecule has 8 heteroatoms. The molecule has 0 amide bonds. The van der Waals surface area contributed by atoms with Crippen LogP contribution in [0, 0.1) is 11.6 Å². The van der Waals surface area contributed by atoms with E-state index in [1.807, 2.05) is 0 Å². The van der Waals surface area contributed by atoms with Crippen LogP contribution in [0.1, 0.15) is 5.56 Å². The molecule has 3 nitrogen and oxygen atoms in total. The average molecular weight is 353 g/mol. The number of ether oxygens (including phenoxy) is 1. The van der Waals surface area contributed by atoms with Crippen LogP contribution < -0.4 is 4.74 Å². The lowest BCUT2D eigenvalue weighted by atomic mass is 10.2. The molecule has 0 saturated heterocycles. The predicted molar refractivity (Wildman–Crippen MR) is 75.2 cm³/mol. The molecule has 112 valence electrons. The molecule has 0 fully saturated rings. The maximum atomic E-state index is 13.5. The van der Waals surface area contributed by atoms with Crippen LogP contribution in [0.15, 0.2) is 41.3 Å². The van der Waals surface area contributed by atoms with Crippen LogP contribution in [-0.4, -0.2) is 8.42 Å². The van der Waals surface area contributed by atoms with Crippen molar-refractivity contribution in [3.05, 3.63) is 58.6 Å². The van der Waals surface area contributed by atoms with Gasteiger partial charge in [-0.05, 0) is 36.4 Å². The molecule has 0 aliphatic heterocycles. The highest BCUT2D eigenvalue weighted by Gasteiger charge is 2.18. The molecule has 0 N–H and O–H groups in total. The van der Waals surface area contributed by atoms with Crippen molar-refractivity contribution < 1.29 is 21.9 Å². The second-order valence-electron chi connectivity index (χ2n) is 4.05. The van der Waals surface area contributed by atoms with Gasteiger partial charge in [-0.2, -0.15) is 0 Å². The van der Waals surface area contributed by atoms with E-state index >= 15 is 0 Å². The zero-order valence-electron chi connectivity index (χ0n) is 10.3. The summed E-state index contributed by atoms with van der Waals surface area (Å²) in [5.41, 5.74) is -0.0529. The fourth-order valence-electron chi connectivity index (χ4n) is 1.60. The number of rotatable bonds is 4. The molecule has 0 atom stereocenters. The van der Waals surface area contributed by atoms with E-state index in [1.165, 1.54) is 12.1 Å². The average Bonchev–Trinajstić information content (AvgIpc) is 2.40. The molecular formula is C13H8Cl2F2O3S. The van der Waals surface area contributed by atoms with Gasteiger partial charge in [0.15, 0.2) is 0 Å². The number of hydrogen-bond acceptors (Lipinski definition) is 3. The van der Waals surface area contributed by atoms with Crippen LogP contribution in [0.5, 0.6) is 5.75 Å². The van der Waals surface area contributed by atoms with Crippen LogP contribution in [0.2, 0.25) is 5.02 Å². The van der Waals surface area contributed by atoms with E-state index in [1.54, 1.807) is 0 Å². The molecule has 2 aromatic rings.